The molecular weight excluding hydrogens is 230 g/mol. The van der Waals surface area contributed by atoms with Crippen LogP contribution in [-0.4, -0.2) is 30.5 Å². The Morgan fingerprint density at radius 3 is 2.39 bits per heavy atom. The first kappa shape index (κ1) is 14.4. The summed E-state index contributed by atoms with van der Waals surface area (Å²) in [5.74, 6) is -0.116. The molecular formula is C14H19NO3. The van der Waals surface area contributed by atoms with E-state index in [1.165, 1.54) is 0 Å². The lowest BCUT2D eigenvalue weighted by Gasteiger charge is -2.05. The van der Waals surface area contributed by atoms with Gasteiger partial charge in [0.25, 0.3) is 5.91 Å². The molecule has 4 nitrogen and oxygen atoms in total. The molecule has 0 bridgehead atoms. The zero-order valence-electron chi connectivity index (χ0n) is 10.4. The maximum atomic E-state index is 11.7. The van der Waals surface area contributed by atoms with Crippen molar-refractivity contribution in [2.24, 2.45) is 0 Å². The van der Waals surface area contributed by atoms with Crippen molar-refractivity contribution in [3.8, 4) is 0 Å². The van der Waals surface area contributed by atoms with Crippen molar-refractivity contribution in [3.05, 3.63) is 35.4 Å². The molecule has 0 saturated carbocycles. The third-order valence-electron chi connectivity index (χ3n) is 2.68. The van der Waals surface area contributed by atoms with Crippen molar-refractivity contribution in [2.45, 2.75) is 25.7 Å². The van der Waals surface area contributed by atoms with Gasteiger partial charge >= 0.3 is 0 Å². The summed E-state index contributed by atoms with van der Waals surface area (Å²) < 4.78 is 0. The molecule has 1 rings (SSSR count). The van der Waals surface area contributed by atoms with Crippen molar-refractivity contribution in [3.63, 3.8) is 0 Å². The van der Waals surface area contributed by atoms with Crippen LogP contribution in [0.3, 0.4) is 0 Å². The second-order valence-electron chi connectivity index (χ2n) is 4.13. The van der Waals surface area contributed by atoms with Crippen LogP contribution in [0.15, 0.2) is 24.3 Å². The van der Waals surface area contributed by atoms with Crippen LogP contribution in [0.5, 0.6) is 0 Å². The van der Waals surface area contributed by atoms with Gasteiger partial charge in [-0.25, -0.2) is 0 Å². The van der Waals surface area contributed by atoms with Gasteiger partial charge in [0.15, 0.2) is 0 Å². The van der Waals surface area contributed by atoms with E-state index >= 15 is 0 Å². The van der Waals surface area contributed by atoms with E-state index in [1.807, 2.05) is 0 Å². The Morgan fingerprint density at radius 2 is 1.78 bits per heavy atom. The lowest BCUT2D eigenvalue weighted by Crippen LogP contribution is -2.24. The largest absolute Gasteiger partial charge is 0.396 e. The SMILES string of the molecule is O=Cc1ccc(C(=O)NCCCCCCO)cc1. The van der Waals surface area contributed by atoms with Gasteiger partial charge in [0.1, 0.15) is 6.29 Å². The van der Waals surface area contributed by atoms with Gasteiger partial charge in [-0.05, 0) is 25.0 Å². The Morgan fingerprint density at radius 1 is 1.11 bits per heavy atom. The molecule has 18 heavy (non-hydrogen) atoms. The van der Waals surface area contributed by atoms with E-state index in [1.54, 1.807) is 24.3 Å². The maximum Gasteiger partial charge on any atom is 0.251 e. The molecule has 0 aliphatic carbocycles. The summed E-state index contributed by atoms with van der Waals surface area (Å²) in [5, 5.41) is 11.4. The second-order valence-corrected chi connectivity index (χ2v) is 4.13. The monoisotopic (exact) mass is 249 g/mol. The summed E-state index contributed by atoms with van der Waals surface area (Å²) in [6.45, 7) is 0.870. The number of benzene rings is 1. The van der Waals surface area contributed by atoms with E-state index in [0.29, 0.717) is 17.7 Å². The minimum Gasteiger partial charge on any atom is -0.396 e. The average Bonchev–Trinajstić information content (AvgIpc) is 2.42. The van der Waals surface area contributed by atoms with Crippen LogP contribution in [0, 0.1) is 0 Å². The Hall–Kier alpha value is -1.68. The van der Waals surface area contributed by atoms with Gasteiger partial charge in [0, 0.05) is 24.3 Å². The average molecular weight is 249 g/mol. The van der Waals surface area contributed by atoms with Gasteiger partial charge < -0.3 is 10.4 Å². The molecule has 2 N–H and O–H groups in total. The smallest absolute Gasteiger partial charge is 0.251 e. The number of amides is 1. The molecule has 0 unspecified atom stereocenters. The van der Waals surface area contributed by atoms with Crippen LogP contribution in [0.4, 0.5) is 0 Å². The zero-order valence-corrected chi connectivity index (χ0v) is 10.4. The van der Waals surface area contributed by atoms with Crippen molar-refractivity contribution in [2.75, 3.05) is 13.2 Å². The van der Waals surface area contributed by atoms with Gasteiger partial charge in [-0.1, -0.05) is 25.0 Å². The second kappa shape index (κ2) is 8.42. The molecule has 98 valence electrons. The van der Waals surface area contributed by atoms with Gasteiger partial charge in [-0.3, -0.25) is 9.59 Å². The fourth-order valence-corrected chi connectivity index (χ4v) is 1.61. The molecule has 0 fully saturated rings. The lowest BCUT2D eigenvalue weighted by atomic mass is 10.1. The van der Waals surface area contributed by atoms with E-state index in [2.05, 4.69) is 5.32 Å². The standard InChI is InChI=1S/C14H19NO3/c16-10-4-2-1-3-9-15-14(18)13-7-5-12(11-17)6-8-13/h5-8,11,16H,1-4,9-10H2,(H,15,18). The molecule has 1 aromatic rings. The number of unbranched alkanes of at least 4 members (excludes halogenated alkanes) is 3. The quantitative estimate of drug-likeness (QED) is 0.545. The van der Waals surface area contributed by atoms with Crippen molar-refractivity contribution < 1.29 is 14.7 Å². The summed E-state index contributed by atoms with van der Waals surface area (Å²) >= 11 is 0. The number of carbonyl (C=O) groups excluding carboxylic acids is 2. The van der Waals surface area contributed by atoms with Crippen LogP contribution in [0.2, 0.25) is 0 Å². The first-order valence-electron chi connectivity index (χ1n) is 6.22. The van der Waals surface area contributed by atoms with Gasteiger partial charge in [0.05, 0.1) is 0 Å². The fourth-order valence-electron chi connectivity index (χ4n) is 1.61. The number of nitrogens with one attached hydrogen (secondary N) is 1. The topological polar surface area (TPSA) is 66.4 Å². The highest BCUT2D eigenvalue weighted by Crippen LogP contribution is 2.03. The Labute approximate surface area is 107 Å². The van der Waals surface area contributed by atoms with E-state index < -0.39 is 0 Å². The number of carbonyl (C=O) groups is 2. The van der Waals surface area contributed by atoms with Crippen molar-refractivity contribution in [1.29, 1.82) is 0 Å². The molecule has 4 heteroatoms. The minimum absolute atomic E-state index is 0.116. The zero-order chi connectivity index (χ0) is 13.2. The summed E-state index contributed by atoms with van der Waals surface area (Å²) in [7, 11) is 0. The summed E-state index contributed by atoms with van der Waals surface area (Å²) in [5.41, 5.74) is 1.13. The molecule has 0 spiro atoms. The molecule has 0 aromatic heterocycles. The number of aliphatic hydroxyl groups is 1. The molecule has 0 aliphatic heterocycles. The third kappa shape index (κ3) is 5.10. The minimum atomic E-state index is -0.116. The van der Waals surface area contributed by atoms with E-state index in [4.69, 9.17) is 5.11 Å². The van der Waals surface area contributed by atoms with Gasteiger partial charge in [-0.2, -0.15) is 0 Å². The summed E-state index contributed by atoms with van der Waals surface area (Å²) in [4.78, 5) is 22.2. The van der Waals surface area contributed by atoms with Crippen LogP contribution in [0.1, 0.15) is 46.4 Å². The highest BCUT2D eigenvalue weighted by molar-refractivity contribution is 5.94. The number of hydrogen-bond donors (Lipinski definition) is 2. The lowest BCUT2D eigenvalue weighted by molar-refractivity contribution is 0.0952. The Kier molecular flexibility index (Phi) is 6.72. The molecule has 0 saturated heterocycles. The van der Waals surface area contributed by atoms with Crippen LogP contribution in [-0.2, 0) is 0 Å². The predicted octanol–water partition coefficient (Wildman–Crippen LogP) is 1.78. The van der Waals surface area contributed by atoms with Crippen molar-refractivity contribution >= 4 is 12.2 Å². The van der Waals surface area contributed by atoms with E-state index in [-0.39, 0.29) is 12.5 Å². The van der Waals surface area contributed by atoms with Gasteiger partial charge in [0.2, 0.25) is 0 Å². The van der Waals surface area contributed by atoms with E-state index in [9.17, 15) is 9.59 Å². The number of aldehydes is 1. The fraction of sp³-hybridized carbons (Fsp3) is 0.429. The van der Waals surface area contributed by atoms with Crippen LogP contribution < -0.4 is 5.32 Å². The molecule has 0 atom stereocenters. The summed E-state index contributed by atoms with van der Waals surface area (Å²) in [6, 6.07) is 6.54. The number of rotatable bonds is 8. The predicted molar refractivity (Wildman–Crippen MR) is 69.7 cm³/mol. The molecule has 0 heterocycles. The van der Waals surface area contributed by atoms with Crippen LogP contribution in [0.25, 0.3) is 0 Å². The Bertz CT molecular complexity index is 373. The van der Waals surface area contributed by atoms with Crippen LogP contribution >= 0.6 is 0 Å². The van der Waals surface area contributed by atoms with Gasteiger partial charge in [-0.15, -0.1) is 0 Å². The first-order valence-corrected chi connectivity index (χ1v) is 6.22. The van der Waals surface area contributed by atoms with Crippen molar-refractivity contribution in [1.82, 2.24) is 5.32 Å². The highest BCUT2D eigenvalue weighted by atomic mass is 16.2. The highest BCUT2D eigenvalue weighted by Gasteiger charge is 2.03. The van der Waals surface area contributed by atoms with E-state index in [0.717, 1.165) is 32.0 Å². The normalized spacial score (nSPS) is 10.1. The molecule has 1 aromatic carbocycles. The third-order valence-corrected chi connectivity index (χ3v) is 2.68. The molecule has 0 aliphatic rings. The molecule has 1 amide bonds. The first-order chi connectivity index (χ1) is 8.77. The number of aliphatic hydroxyl groups excluding tert-OH is 1. The maximum absolute atomic E-state index is 11.7. The molecule has 0 radical (unpaired) electrons. The number of hydrogen-bond acceptors (Lipinski definition) is 3. The summed E-state index contributed by atoms with van der Waals surface area (Å²) in [6.07, 6.45) is 4.48. The Balaban J connectivity index is 2.25.